The molecule has 3 aromatic rings. The summed E-state index contributed by atoms with van der Waals surface area (Å²) >= 11 is 6.27. The molecule has 34 heavy (non-hydrogen) atoms. The van der Waals surface area contributed by atoms with Crippen LogP contribution in [-0.4, -0.2) is 34.0 Å². The Balaban J connectivity index is 1.51. The van der Waals surface area contributed by atoms with E-state index in [0.717, 1.165) is 23.0 Å². The molecule has 0 bridgehead atoms. The Morgan fingerprint density at radius 2 is 1.65 bits per heavy atom. The Kier molecular flexibility index (Phi) is 7.44. The number of sulfonamides is 1. The second kappa shape index (κ2) is 10.5. The maximum atomic E-state index is 13.5. The fraction of sp³-hybridized carbons (Fsp3) is 0.269. The lowest BCUT2D eigenvalue weighted by molar-refractivity contribution is -0.119. The normalized spacial score (nSPS) is 13.6. The van der Waals surface area contributed by atoms with E-state index in [2.05, 4.69) is 22.3 Å². The number of rotatable bonds is 8. The minimum absolute atomic E-state index is 0.111. The molecular weight excluding hydrogens is 470 g/mol. The molecule has 0 spiro atoms. The van der Waals surface area contributed by atoms with Gasteiger partial charge in [-0.25, -0.2) is 8.42 Å². The number of nitrogens with one attached hydrogen (secondary N) is 1. The fourth-order valence-electron chi connectivity index (χ4n) is 4.07. The fourth-order valence-corrected chi connectivity index (χ4v) is 5.74. The van der Waals surface area contributed by atoms with Gasteiger partial charge in [0.2, 0.25) is 5.91 Å². The molecule has 1 aliphatic heterocycles. The number of anilines is 2. The predicted octanol–water partition coefficient (Wildman–Crippen LogP) is 4.76. The second-order valence-corrected chi connectivity index (χ2v) is 10.6. The Hall–Kier alpha value is -3.03. The Morgan fingerprint density at radius 3 is 2.32 bits per heavy atom. The van der Waals surface area contributed by atoms with Crippen LogP contribution in [0.2, 0.25) is 5.02 Å². The van der Waals surface area contributed by atoms with Gasteiger partial charge in [0.25, 0.3) is 10.0 Å². The highest BCUT2D eigenvalue weighted by Crippen LogP contribution is 2.30. The number of benzene rings is 3. The molecule has 0 atom stereocenters. The quantitative estimate of drug-likeness (QED) is 0.487. The van der Waals surface area contributed by atoms with Crippen molar-refractivity contribution >= 4 is 38.9 Å². The van der Waals surface area contributed by atoms with E-state index in [1.54, 1.807) is 43.3 Å². The minimum atomic E-state index is -3.98. The van der Waals surface area contributed by atoms with Gasteiger partial charge in [-0.05, 0) is 67.3 Å². The molecule has 0 aliphatic carbocycles. The van der Waals surface area contributed by atoms with Crippen LogP contribution in [0.4, 0.5) is 11.4 Å². The van der Waals surface area contributed by atoms with Gasteiger partial charge in [0.1, 0.15) is 6.54 Å². The zero-order chi connectivity index (χ0) is 24.1. The first kappa shape index (κ1) is 24.1. The Labute approximate surface area is 206 Å². The molecule has 1 heterocycles. The van der Waals surface area contributed by atoms with E-state index >= 15 is 0 Å². The van der Waals surface area contributed by atoms with Crippen LogP contribution in [0.3, 0.4) is 0 Å². The molecule has 0 unspecified atom stereocenters. The van der Waals surface area contributed by atoms with Crippen LogP contribution < -0.4 is 14.5 Å². The minimum Gasteiger partial charge on any atom is -0.372 e. The first-order valence-corrected chi connectivity index (χ1v) is 13.1. The van der Waals surface area contributed by atoms with Crippen molar-refractivity contribution in [1.82, 2.24) is 5.32 Å². The van der Waals surface area contributed by atoms with Crippen LogP contribution in [0, 0.1) is 6.92 Å². The zero-order valence-electron chi connectivity index (χ0n) is 19.1. The summed E-state index contributed by atoms with van der Waals surface area (Å²) in [7, 11) is -3.98. The molecule has 178 valence electrons. The lowest BCUT2D eigenvalue weighted by atomic mass is 10.2. The van der Waals surface area contributed by atoms with Gasteiger partial charge in [0.15, 0.2) is 0 Å². The molecule has 1 saturated heterocycles. The average molecular weight is 498 g/mol. The predicted molar refractivity (Wildman–Crippen MR) is 137 cm³/mol. The van der Waals surface area contributed by atoms with E-state index < -0.39 is 15.9 Å². The molecule has 1 aliphatic rings. The van der Waals surface area contributed by atoms with Crippen LogP contribution >= 0.6 is 11.6 Å². The number of carbonyl (C=O) groups excluding carboxylic acids is 1. The number of hydrogen-bond acceptors (Lipinski definition) is 4. The highest BCUT2D eigenvalue weighted by Gasteiger charge is 2.28. The van der Waals surface area contributed by atoms with E-state index in [9.17, 15) is 13.2 Å². The highest BCUT2D eigenvalue weighted by atomic mass is 35.5. The van der Waals surface area contributed by atoms with Crippen molar-refractivity contribution in [2.24, 2.45) is 0 Å². The first-order valence-electron chi connectivity index (χ1n) is 11.3. The molecule has 1 fully saturated rings. The summed E-state index contributed by atoms with van der Waals surface area (Å²) in [5.74, 6) is -0.400. The average Bonchev–Trinajstić information content (AvgIpc) is 3.39. The maximum absolute atomic E-state index is 13.5. The topological polar surface area (TPSA) is 69.7 Å². The molecule has 3 aromatic carbocycles. The Morgan fingerprint density at radius 1 is 0.971 bits per heavy atom. The van der Waals surface area contributed by atoms with Crippen LogP contribution in [-0.2, 0) is 21.4 Å². The van der Waals surface area contributed by atoms with Crippen LogP contribution in [0.5, 0.6) is 0 Å². The standard InChI is InChI=1S/C26H28ClN3O3S/c1-20-24(27)10-7-11-25(20)30(34(32,33)23-8-3-2-4-9-23)19-26(31)28-18-21-12-14-22(15-13-21)29-16-5-6-17-29/h2-4,7-15H,5-6,16-19H2,1H3,(H,28,31). The number of carbonyl (C=O) groups is 1. The number of hydrogen-bond donors (Lipinski definition) is 1. The van der Waals surface area contributed by atoms with E-state index in [1.807, 2.05) is 12.1 Å². The van der Waals surface area contributed by atoms with Gasteiger partial charge in [-0.2, -0.15) is 0 Å². The molecule has 8 heteroatoms. The van der Waals surface area contributed by atoms with Crippen molar-refractivity contribution in [3.8, 4) is 0 Å². The Bertz CT molecular complexity index is 1240. The smallest absolute Gasteiger partial charge is 0.264 e. The highest BCUT2D eigenvalue weighted by molar-refractivity contribution is 7.92. The monoisotopic (exact) mass is 497 g/mol. The largest absolute Gasteiger partial charge is 0.372 e. The molecule has 1 amide bonds. The van der Waals surface area contributed by atoms with Crippen molar-refractivity contribution < 1.29 is 13.2 Å². The molecule has 0 radical (unpaired) electrons. The van der Waals surface area contributed by atoms with Gasteiger partial charge in [0, 0.05) is 30.3 Å². The third-order valence-corrected chi connectivity index (χ3v) is 8.21. The van der Waals surface area contributed by atoms with Gasteiger partial charge in [-0.15, -0.1) is 0 Å². The zero-order valence-corrected chi connectivity index (χ0v) is 20.6. The van der Waals surface area contributed by atoms with E-state index in [1.165, 1.54) is 30.7 Å². The molecule has 0 saturated carbocycles. The summed E-state index contributed by atoms with van der Waals surface area (Å²) in [6, 6.07) is 21.2. The van der Waals surface area contributed by atoms with Gasteiger partial charge >= 0.3 is 0 Å². The summed E-state index contributed by atoms with van der Waals surface area (Å²) in [5.41, 5.74) is 3.10. The number of nitrogens with zero attached hydrogens (tertiary/aromatic N) is 2. The van der Waals surface area contributed by atoms with Gasteiger partial charge in [0.05, 0.1) is 10.6 Å². The first-order chi connectivity index (χ1) is 16.4. The van der Waals surface area contributed by atoms with E-state index in [0.29, 0.717) is 22.8 Å². The van der Waals surface area contributed by atoms with Crippen molar-refractivity contribution in [3.05, 3.63) is 88.9 Å². The molecule has 0 aromatic heterocycles. The van der Waals surface area contributed by atoms with Crippen molar-refractivity contribution in [2.75, 3.05) is 28.8 Å². The SMILES string of the molecule is Cc1c(Cl)cccc1N(CC(=O)NCc1ccc(N2CCCC2)cc1)S(=O)(=O)c1ccccc1. The van der Waals surface area contributed by atoms with E-state index in [4.69, 9.17) is 11.6 Å². The lowest BCUT2D eigenvalue weighted by Gasteiger charge is -2.26. The third kappa shape index (κ3) is 5.37. The molecule has 6 nitrogen and oxygen atoms in total. The number of amides is 1. The molecule has 1 N–H and O–H groups in total. The second-order valence-electron chi connectivity index (χ2n) is 8.35. The molecule has 4 rings (SSSR count). The van der Waals surface area contributed by atoms with Crippen LogP contribution in [0.1, 0.15) is 24.0 Å². The maximum Gasteiger partial charge on any atom is 0.264 e. The third-order valence-electron chi connectivity index (χ3n) is 6.02. The summed E-state index contributed by atoms with van der Waals surface area (Å²) in [6.45, 7) is 3.84. The summed E-state index contributed by atoms with van der Waals surface area (Å²) < 4.78 is 28.1. The van der Waals surface area contributed by atoms with Crippen molar-refractivity contribution in [2.45, 2.75) is 31.2 Å². The van der Waals surface area contributed by atoms with Gasteiger partial charge in [-0.3, -0.25) is 9.10 Å². The van der Waals surface area contributed by atoms with E-state index in [-0.39, 0.29) is 11.4 Å². The van der Waals surface area contributed by atoms with Crippen LogP contribution in [0.25, 0.3) is 0 Å². The summed E-state index contributed by atoms with van der Waals surface area (Å²) in [4.78, 5) is 15.4. The summed E-state index contributed by atoms with van der Waals surface area (Å²) in [5, 5.41) is 3.29. The van der Waals surface area contributed by atoms with Gasteiger partial charge < -0.3 is 10.2 Å². The van der Waals surface area contributed by atoms with Crippen molar-refractivity contribution in [3.63, 3.8) is 0 Å². The van der Waals surface area contributed by atoms with Gasteiger partial charge in [-0.1, -0.05) is 48.0 Å². The van der Waals surface area contributed by atoms with Crippen LogP contribution in [0.15, 0.2) is 77.7 Å². The number of halogens is 1. The lowest BCUT2D eigenvalue weighted by Crippen LogP contribution is -2.41. The van der Waals surface area contributed by atoms with Crippen molar-refractivity contribution in [1.29, 1.82) is 0 Å². The summed E-state index contributed by atoms with van der Waals surface area (Å²) in [6.07, 6.45) is 2.43. The molecular formula is C26H28ClN3O3S.